The van der Waals surface area contributed by atoms with Gasteiger partial charge in [-0.15, -0.1) is 0 Å². The Kier molecular flexibility index (Phi) is 5.36. The lowest BCUT2D eigenvalue weighted by Crippen LogP contribution is -2.21. The second kappa shape index (κ2) is 7.24. The van der Waals surface area contributed by atoms with Gasteiger partial charge in [-0.2, -0.15) is 5.10 Å². The summed E-state index contributed by atoms with van der Waals surface area (Å²) in [5.41, 5.74) is 0.302. The van der Waals surface area contributed by atoms with Gasteiger partial charge in [0.15, 0.2) is 0 Å². The molecule has 2 rings (SSSR count). The maximum atomic E-state index is 12.2. The van der Waals surface area contributed by atoms with Crippen LogP contribution >= 0.6 is 0 Å². The first-order valence-corrected chi connectivity index (χ1v) is 7.60. The molecule has 0 bridgehead atoms. The molecule has 6 heteroatoms. The predicted octanol–water partition coefficient (Wildman–Crippen LogP) is 2.51. The molecule has 1 aromatic heterocycles. The van der Waals surface area contributed by atoms with Crippen LogP contribution in [0.5, 0.6) is 0 Å². The number of nitrogens with one attached hydrogen (secondary N) is 1. The molecule has 0 atom stereocenters. The lowest BCUT2D eigenvalue weighted by molar-refractivity contribution is -0.117. The van der Waals surface area contributed by atoms with Gasteiger partial charge in [-0.05, 0) is 25.7 Å². The summed E-state index contributed by atoms with van der Waals surface area (Å²) in [6.45, 7) is 2.04. The third-order valence-corrected chi connectivity index (χ3v) is 3.89. The van der Waals surface area contributed by atoms with Gasteiger partial charge in [-0.1, -0.05) is 19.3 Å². The fourth-order valence-corrected chi connectivity index (χ4v) is 2.78. The topological polar surface area (TPSA) is 73.2 Å². The van der Waals surface area contributed by atoms with E-state index in [1.54, 1.807) is 14.0 Å². The quantitative estimate of drug-likeness (QED) is 0.847. The highest BCUT2D eigenvalue weighted by Crippen LogP contribution is 2.27. The van der Waals surface area contributed by atoms with E-state index >= 15 is 0 Å². The van der Waals surface area contributed by atoms with Gasteiger partial charge >= 0.3 is 5.97 Å². The van der Waals surface area contributed by atoms with E-state index < -0.39 is 5.97 Å². The molecule has 0 aromatic carbocycles. The first-order valence-electron chi connectivity index (χ1n) is 7.60. The molecule has 0 aliphatic heterocycles. The number of esters is 1. The number of hydrogen-bond acceptors (Lipinski definition) is 4. The Balaban J connectivity index is 1.99. The van der Waals surface area contributed by atoms with Crippen LogP contribution in [-0.2, 0) is 16.6 Å². The van der Waals surface area contributed by atoms with Crippen LogP contribution in [-0.4, -0.2) is 28.3 Å². The Morgan fingerprint density at radius 3 is 2.76 bits per heavy atom. The van der Waals surface area contributed by atoms with Crippen molar-refractivity contribution in [3.05, 3.63) is 11.8 Å². The predicted molar refractivity (Wildman–Crippen MR) is 79.0 cm³/mol. The van der Waals surface area contributed by atoms with Crippen LogP contribution in [0.3, 0.4) is 0 Å². The number of hydrogen-bond donors (Lipinski definition) is 1. The summed E-state index contributed by atoms with van der Waals surface area (Å²) in [4.78, 5) is 24.0. The van der Waals surface area contributed by atoms with Crippen molar-refractivity contribution in [3.63, 3.8) is 0 Å². The van der Waals surface area contributed by atoms with Crippen molar-refractivity contribution in [2.45, 2.75) is 45.4 Å². The lowest BCUT2D eigenvalue weighted by Gasteiger charge is -2.20. The Bertz CT molecular complexity index is 504. The molecule has 0 unspecified atom stereocenters. The largest absolute Gasteiger partial charge is 0.462 e. The molecule has 1 fully saturated rings. The SMILES string of the molecule is CCOC(=O)c1cnn(C)c1NC(=O)CC1CCCCC1. The Morgan fingerprint density at radius 2 is 2.10 bits per heavy atom. The molecular formula is C15H23N3O3. The molecule has 116 valence electrons. The molecule has 21 heavy (non-hydrogen) atoms. The van der Waals surface area contributed by atoms with Crippen LogP contribution in [0.2, 0.25) is 0 Å². The number of aromatic nitrogens is 2. The zero-order valence-electron chi connectivity index (χ0n) is 12.7. The third kappa shape index (κ3) is 4.06. The number of rotatable bonds is 5. The van der Waals surface area contributed by atoms with Gasteiger partial charge in [0.2, 0.25) is 5.91 Å². The Labute approximate surface area is 124 Å². The van der Waals surface area contributed by atoms with Crippen molar-refractivity contribution in [2.75, 3.05) is 11.9 Å². The van der Waals surface area contributed by atoms with Crippen molar-refractivity contribution in [3.8, 4) is 0 Å². The molecular weight excluding hydrogens is 270 g/mol. The Morgan fingerprint density at radius 1 is 1.38 bits per heavy atom. The zero-order chi connectivity index (χ0) is 15.2. The summed E-state index contributed by atoms with van der Waals surface area (Å²) in [5, 5.41) is 6.83. The number of aryl methyl sites for hydroxylation is 1. The Hall–Kier alpha value is -1.85. The number of carbonyl (C=O) groups excluding carboxylic acids is 2. The minimum Gasteiger partial charge on any atom is -0.462 e. The van der Waals surface area contributed by atoms with Crippen molar-refractivity contribution < 1.29 is 14.3 Å². The fourth-order valence-electron chi connectivity index (χ4n) is 2.78. The minimum absolute atomic E-state index is 0.0592. The van der Waals surface area contributed by atoms with Gasteiger partial charge in [0.1, 0.15) is 11.4 Å². The summed E-state index contributed by atoms with van der Waals surface area (Å²) >= 11 is 0. The number of carbonyl (C=O) groups is 2. The molecule has 1 aliphatic carbocycles. The molecule has 0 saturated heterocycles. The second-order valence-electron chi connectivity index (χ2n) is 5.51. The lowest BCUT2D eigenvalue weighted by atomic mass is 9.87. The first kappa shape index (κ1) is 15.5. The average Bonchev–Trinajstić information content (AvgIpc) is 2.81. The number of nitrogens with zero attached hydrogens (tertiary/aromatic N) is 2. The van der Waals surface area contributed by atoms with Gasteiger partial charge < -0.3 is 10.1 Å². The normalized spacial score (nSPS) is 15.7. The summed E-state index contributed by atoms with van der Waals surface area (Å²) in [6, 6.07) is 0. The summed E-state index contributed by atoms with van der Waals surface area (Å²) < 4.78 is 6.46. The van der Waals surface area contributed by atoms with Crippen molar-refractivity contribution in [2.24, 2.45) is 13.0 Å². The van der Waals surface area contributed by atoms with Crippen molar-refractivity contribution >= 4 is 17.7 Å². The van der Waals surface area contributed by atoms with E-state index in [2.05, 4.69) is 10.4 Å². The van der Waals surface area contributed by atoms with Crippen molar-refractivity contribution in [1.82, 2.24) is 9.78 Å². The molecule has 1 aromatic rings. The standard InChI is InChI=1S/C15H23N3O3/c1-3-21-15(20)12-10-16-18(2)14(12)17-13(19)9-11-7-5-4-6-8-11/h10-11H,3-9H2,1-2H3,(H,17,19). The van der Waals surface area contributed by atoms with E-state index in [1.807, 2.05) is 0 Å². The van der Waals surface area contributed by atoms with E-state index in [0.29, 0.717) is 30.3 Å². The van der Waals surface area contributed by atoms with Crippen LogP contribution < -0.4 is 5.32 Å². The molecule has 0 spiro atoms. The van der Waals surface area contributed by atoms with E-state index in [0.717, 1.165) is 12.8 Å². The van der Waals surface area contributed by atoms with E-state index in [-0.39, 0.29) is 5.91 Å². The van der Waals surface area contributed by atoms with E-state index in [1.165, 1.54) is 30.1 Å². The molecule has 1 amide bonds. The summed E-state index contributed by atoms with van der Waals surface area (Å²) in [5.74, 6) is 0.349. The molecule has 1 saturated carbocycles. The average molecular weight is 293 g/mol. The van der Waals surface area contributed by atoms with Gasteiger partial charge in [0, 0.05) is 13.5 Å². The highest BCUT2D eigenvalue weighted by Gasteiger charge is 2.21. The fraction of sp³-hybridized carbons (Fsp3) is 0.667. The smallest absolute Gasteiger partial charge is 0.343 e. The van der Waals surface area contributed by atoms with Gasteiger partial charge in [0.25, 0.3) is 0 Å². The molecule has 6 nitrogen and oxygen atoms in total. The van der Waals surface area contributed by atoms with Crippen LogP contribution in [0.1, 0.15) is 55.8 Å². The third-order valence-electron chi connectivity index (χ3n) is 3.89. The van der Waals surface area contributed by atoms with Gasteiger partial charge in [-0.3, -0.25) is 9.48 Å². The monoisotopic (exact) mass is 293 g/mol. The second-order valence-corrected chi connectivity index (χ2v) is 5.51. The van der Waals surface area contributed by atoms with E-state index in [9.17, 15) is 9.59 Å². The number of anilines is 1. The molecule has 1 N–H and O–H groups in total. The van der Waals surface area contributed by atoms with Crippen LogP contribution in [0.15, 0.2) is 6.20 Å². The number of amides is 1. The van der Waals surface area contributed by atoms with Crippen LogP contribution in [0.25, 0.3) is 0 Å². The summed E-state index contributed by atoms with van der Waals surface area (Å²) in [7, 11) is 1.69. The maximum absolute atomic E-state index is 12.2. The molecule has 1 aliphatic rings. The highest BCUT2D eigenvalue weighted by molar-refractivity contribution is 6.00. The maximum Gasteiger partial charge on any atom is 0.343 e. The number of ether oxygens (including phenoxy) is 1. The zero-order valence-corrected chi connectivity index (χ0v) is 12.7. The minimum atomic E-state index is -0.460. The van der Waals surface area contributed by atoms with Crippen LogP contribution in [0, 0.1) is 5.92 Å². The highest BCUT2D eigenvalue weighted by atomic mass is 16.5. The molecule has 0 radical (unpaired) electrons. The van der Waals surface area contributed by atoms with Gasteiger partial charge in [-0.25, -0.2) is 4.79 Å². The summed E-state index contributed by atoms with van der Waals surface area (Å²) in [6.07, 6.45) is 7.84. The van der Waals surface area contributed by atoms with Gasteiger partial charge in [0.05, 0.1) is 12.8 Å². The van der Waals surface area contributed by atoms with E-state index in [4.69, 9.17) is 4.74 Å². The first-order chi connectivity index (χ1) is 10.1. The molecule has 1 heterocycles. The van der Waals surface area contributed by atoms with Crippen LogP contribution in [0.4, 0.5) is 5.82 Å². The van der Waals surface area contributed by atoms with Crippen molar-refractivity contribution in [1.29, 1.82) is 0 Å².